The van der Waals surface area contributed by atoms with Crippen molar-refractivity contribution in [1.29, 1.82) is 0 Å². The quantitative estimate of drug-likeness (QED) is 0.365. The minimum absolute atomic E-state index is 0.00907. The average Bonchev–Trinajstić information content (AvgIpc) is 3.10. The van der Waals surface area contributed by atoms with Gasteiger partial charge in [-0.3, -0.25) is 10.0 Å². The van der Waals surface area contributed by atoms with Crippen LogP contribution in [0.3, 0.4) is 0 Å². The fourth-order valence-corrected chi connectivity index (χ4v) is 3.21. The van der Waals surface area contributed by atoms with E-state index in [4.69, 9.17) is 21.9 Å². The molecule has 3 rings (SSSR count). The monoisotopic (exact) mass is 432 g/mol. The Kier molecular flexibility index (Phi) is 5.85. The first kappa shape index (κ1) is 20.7. The molecule has 0 saturated heterocycles. The van der Waals surface area contributed by atoms with Crippen LogP contribution in [0.4, 0.5) is 0 Å². The van der Waals surface area contributed by atoms with Crippen LogP contribution in [-0.2, 0) is 14.8 Å². The first-order valence-electron chi connectivity index (χ1n) is 8.28. The van der Waals surface area contributed by atoms with E-state index in [0.29, 0.717) is 21.3 Å². The smallest absolute Gasteiger partial charge is 0.271 e. The number of nitrogens with two attached hydrogens (primary N) is 1. The van der Waals surface area contributed by atoms with Crippen molar-refractivity contribution in [3.63, 3.8) is 0 Å². The van der Waals surface area contributed by atoms with E-state index < -0.39 is 15.9 Å². The molecule has 0 atom stereocenters. The predicted octanol–water partition coefficient (Wildman–Crippen LogP) is 2.84. The number of rotatable bonds is 5. The van der Waals surface area contributed by atoms with E-state index in [2.05, 4.69) is 5.10 Å². The molecule has 3 aromatic rings. The van der Waals surface area contributed by atoms with E-state index >= 15 is 0 Å². The minimum atomic E-state index is -3.81. The van der Waals surface area contributed by atoms with Gasteiger partial charge in [0.2, 0.25) is 10.0 Å². The van der Waals surface area contributed by atoms with Crippen LogP contribution in [0.1, 0.15) is 0 Å². The molecule has 1 aromatic heterocycles. The van der Waals surface area contributed by atoms with E-state index in [9.17, 15) is 13.2 Å². The summed E-state index contributed by atoms with van der Waals surface area (Å²) in [5.74, 6) is -0.618. The largest absolute Gasteiger partial charge is 0.286 e. The molecule has 3 N–H and O–H groups in total. The second-order valence-corrected chi connectivity index (χ2v) is 8.12. The van der Waals surface area contributed by atoms with Gasteiger partial charge >= 0.3 is 0 Å². The maximum absolute atomic E-state index is 11.6. The molecule has 1 amide bonds. The van der Waals surface area contributed by atoms with Gasteiger partial charge in [0.15, 0.2) is 0 Å². The summed E-state index contributed by atoms with van der Waals surface area (Å²) in [6.45, 7) is 0. The summed E-state index contributed by atoms with van der Waals surface area (Å²) in [6, 6.07) is 13.1. The number of aromatic nitrogens is 2. The Hall–Kier alpha value is -2.98. The summed E-state index contributed by atoms with van der Waals surface area (Å²) >= 11 is 5.97. The Balaban J connectivity index is 2.08. The Bertz CT molecular complexity index is 1170. The van der Waals surface area contributed by atoms with Gasteiger partial charge in [-0.05, 0) is 29.8 Å². The van der Waals surface area contributed by atoms with Crippen molar-refractivity contribution in [2.45, 2.75) is 4.90 Å². The Morgan fingerprint density at radius 2 is 1.72 bits per heavy atom. The molecule has 2 aromatic carbocycles. The molecule has 0 bridgehead atoms. The van der Waals surface area contributed by atoms with Gasteiger partial charge in [-0.25, -0.2) is 23.3 Å². The molecule has 0 aliphatic rings. The zero-order valence-corrected chi connectivity index (χ0v) is 16.8. The van der Waals surface area contributed by atoms with Crippen LogP contribution in [0.15, 0.2) is 65.7 Å². The number of sulfonamides is 1. The van der Waals surface area contributed by atoms with Crippen molar-refractivity contribution in [2.24, 2.45) is 5.14 Å². The summed E-state index contributed by atoms with van der Waals surface area (Å²) < 4.78 is 24.4. The van der Waals surface area contributed by atoms with Crippen LogP contribution < -0.4 is 5.14 Å². The van der Waals surface area contributed by atoms with Crippen molar-refractivity contribution in [1.82, 2.24) is 14.8 Å². The topological polar surface area (TPSA) is 119 Å². The van der Waals surface area contributed by atoms with Crippen LogP contribution in [-0.4, -0.2) is 41.4 Å². The normalized spacial score (nSPS) is 11.7. The third-order valence-electron chi connectivity index (χ3n) is 4.03. The van der Waals surface area contributed by atoms with Crippen LogP contribution in [0, 0.1) is 0 Å². The molecule has 150 valence electrons. The number of halogens is 1. The van der Waals surface area contributed by atoms with Crippen molar-refractivity contribution in [3.05, 3.63) is 65.8 Å². The van der Waals surface area contributed by atoms with Gasteiger partial charge in [0.1, 0.15) is 5.69 Å². The SMILES string of the molecule is CN(O)C(=O)/C=C/n1cc(-c2ccc(Cl)cc2)c(-c2ccc(S(N)(=O)=O)cc2)n1. The second kappa shape index (κ2) is 8.18. The number of primary sulfonamides is 1. The van der Waals surface area contributed by atoms with Crippen LogP contribution in [0.5, 0.6) is 0 Å². The van der Waals surface area contributed by atoms with E-state index in [1.54, 1.807) is 30.5 Å². The third-order valence-corrected chi connectivity index (χ3v) is 5.21. The molecule has 0 aliphatic carbocycles. The van der Waals surface area contributed by atoms with Crippen molar-refractivity contribution < 1.29 is 18.4 Å². The molecule has 0 spiro atoms. The van der Waals surface area contributed by atoms with Gasteiger partial charge in [0, 0.05) is 41.7 Å². The number of benzene rings is 2. The molecule has 0 aliphatic heterocycles. The lowest BCUT2D eigenvalue weighted by Gasteiger charge is -2.04. The number of hydrogen-bond donors (Lipinski definition) is 2. The molecule has 0 saturated carbocycles. The minimum Gasteiger partial charge on any atom is -0.286 e. The molecular weight excluding hydrogens is 416 g/mol. The van der Waals surface area contributed by atoms with Gasteiger partial charge in [-0.2, -0.15) is 5.10 Å². The summed E-state index contributed by atoms with van der Waals surface area (Å²) in [4.78, 5) is 11.6. The summed E-state index contributed by atoms with van der Waals surface area (Å²) in [5, 5.41) is 19.8. The summed E-state index contributed by atoms with van der Waals surface area (Å²) in [5.41, 5.74) is 2.77. The number of carbonyl (C=O) groups is 1. The van der Waals surface area contributed by atoms with Crippen molar-refractivity contribution in [2.75, 3.05) is 7.05 Å². The molecule has 1 heterocycles. The number of carbonyl (C=O) groups excluding carboxylic acids is 1. The van der Waals surface area contributed by atoms with E-state index in [-0.39, 0.29) is 4.90 Å². The first-order valence-corrected chi connectivity index (χ1v) is 10.2. The highest BCUT2D eigenvalue weighted by molar-refractivity contribution is 7.89. The molecule has 0 unspecified atom stereocenters. The molecule has 29 heavy (non-hydrogen) atoms. The fraction of sp³-hybridized carbons (Fsp3) is 0.0526. The maximum atomic E-state index is 11.6. The van der Waals surface area contributed by atoms with Crippen LogP contribution >= 0.6 is 11.6 Å². The Labute approximate surface area is 172 Å². The Morgan fingerprint density at radius 3 is 2.28 bits per heavy atom. The van der Waals surface area contributed by atoms with Gasteiger partial charge < -0.3 is 0 Å². The lowest BCUT2D eigenvalue weighted by atomic mass is 10.0. The lowest BCUT2D eigenvalue weighted by molar-refractivity contribution is -0.153. The fourth-order valence-electron chi connectivity index (χ4n) is 2.57. The zero-order valence-electron chi connectivity index (χ0n) is 15.2. The summed E-state index contributed by atoms with van der Waals surface area (Å²) in [6.07, 6.45) is 4.26. The first-order chi connectivity index (χ1) is 13.6. The van der Waals surface area contributed by atoms with E-state index in [0.717, 1.165) is 17.2 Å². The maximum Gasteiger partial charge on any atom is 0.271 e. The van der Waals surface area contributed by atoms with Crippen LogP contribution in [0.25, 0.3) is 28.6 Å². The standard InChI is InChI=1S/C19H17ClN4O4S/c1-23(26)18(25)10-11-24-12-17(13-2-6-15(20)7-3-13)19(22-24)14-4-8-16(9-5-14)29(21,27)28/h2-12,26H,1H3,(H2,21,27,28)/b11-10+. The third kappa shape index (κ3) is 4.90. The number of hydroxylamine groups is 2. The molecular formula is C19H17ClN4O4S. The highest BCUT2D eigenvalue weighted by atomic mass is 35.5. The van der Waals surface area contributed by atoms with E-state index in [1.165, 1.54) is 30.1 Å². The second-order valence-electron chi connectivity index (χ2n) is 6.13. The van der Waals surface area contributed by atoms with Gasteiger partial charge in [-0.1, -0.05) is 35.9 Å². The number of amides is 1. The molecule has 0 radical (unpaired) electrons. The summed E-state index contributed by atoms with van der Waals surface area (Å²) in [7, 11) is -2.59. The van der Waals surface area contributed by atoms with Gasteiger partial charge in [0.25, 0.3) is 5.91 Å². The van der Waals surface area contributed by atoms with E-state index in [1.807, 2.05) is 12.1 Å². The number of nitrogens with zero attached hydrogens (tertiary/aromatic N) is 3. The predicted molar refractivity (Wildman–Crippen MR) is 109 cm³/mol. The van der Waals surface area contributed by atoms with Crippen molar-refractivity contribution >= 4 is 33.7 Å². The molecule has 0 fully saturated rings. The lowest BCUT2D eigenvalue weighted by Crippen LogP contribution is -2.19. The van der Waals surface area contributed by atoms with Crippen molar-refractivity contribution in [3.8, 4) is 22.4 Å². The molecule has 8 nitrogen and oxygen atoms in total. The number of hydrogen-bond acceptors (Lipinski definition) is 5. The number of likely N-dealkylation sites (N-methyl/N-ethyl adjacent to an activating group) is 1. The zero-order chi connectivity index (χ0) is 21.2. The van der Waals surface area contributed by atoms with Gasteiger partial charge in [0.05, 0.1) is 4.90 Å². The molecule has 10 heteroatoms. The highest BCUT2D eigenvalue weighted by Gasteiger charge is 2.15. The average molecular weight is 433 g/mol. The van der Waals surface area contributed by atoms with Gasteiger partial charge in [-0.15, -0.1) is 0 Å². The highest BCUT2D eigenvalue weighted by Crippen LogP contribution is 2.32. The Morgan fingerprint density at radius 1 is 1.14 bits per heavy atom. The van der Waals surface area contributed by atoms with Crippen LogP contribution in [0.2, 0.25) is 5.02 Å².